The van der Waals surface area contributed by atoms with Crippen molar-refractivity contribution < 1.29 is 4.39 Å². The predicted molar refractivity (Wildman–Crippen MR) is 101 cm³/mol. The van der Waals surface area contributed by atoms with Crippen LogP contribution in [0, 0.1) is 5.82 Å². The summed E-state index contributed by atoms with van der Waals surface area (Å²) in [6.45, 7) is 6.51. The molecular formula is C20H19ClFN3. The largest absolute Gasteiger partial charge is 0.340 e. The molecule has 0 saturated carbocycles. The van der Waals surface area contributed by atoms with Crippen LogP contribution in [0.3, 0.4) is 0 Å². The van der Waals surface area contributed by atoms with Crippen LogP contribution in [0.15, 0.2) is 54.6 Å². The molecule has 5 heteroatoms. The van der Waals surface area contributed by atoms with Crippen LogP contribution in [0.4, 0.5) is 15.9 Å². The molecule has 1 aromatic heterocycles. The predicted octanol–water partition coefficient (Wildman–Crippen LogP) is 5.98. The van der Waals surface area contributed by atoms with E-state index in [-0.39, 0.29) is 11.2 Å². The standard InChI is InChI=1S/C20H19ClFN3/c1-20(2,3)14-7-9-16(10-8-14)23-18-12-17(21)24-19(25-18)13-5-4-6-15(22)11-13/h4-12H,1-3H3,(H,23,24,25). The van der Waals surface area contributed by atoms with Gasteiger partial charge in [0.15, 0.2) is 5.82 Å². The van der Waals surface area contributed by atoms with Crippen molar-refractivity contribution in [3.05, 3.63) is 71.1 Å². The highest BCUT2D eigenvalue weighted by atomic mass is 35.5. The molecule has 3 rings (SSSR count). The number of nitrogens with one attached hydrogen (secondary N) is 1. The van der Waals surface area contributed by atoms with Crippen molar-refractivity contribution in [2.24, 2.45) is 0 Å². The fourth-order valence-electron chi connectivity index (χ4n) is 2.44. The quantitative estimate of drug-likeness (QED) is 0.587. The van der Waals surface area contributed by atoms with Gasteiger partial charge in [-0.05, 0) is 35.2 Å². The molecule has 3 nitrogen and oxygen atoms in total. The lowest BCUT2D eigenvalue weighted by Crippen LogP contribution is -2.10. The summed E-state index contributed by atoms with van der Waals surface area (Å²) in [6.07, 6.45) is 0. The minimum atomic E-state index is -0.339. The van der Waals surface area contributed by atoms with E-state index in [0.717, 1.165) is 5.69 Å². The second-order valence-electron chi connectivity index (χ2n) is 6.86. The molecule has 0 radical (unpaired) electrons. The maximum atomic E-state index is 13.4. The fraction of sp³-hybridized carbons (Fsp3) is 0.200. The summed E-state index contributed by atoms with van der Waals surface area (Å²) < 4.78 is 13.4. The topological polar surface area (TPSA) is 37.8 Å². The first-order valence-electron chi connectivity index (χ1n) is 7.99. The van der Waals surface area contributed by atoms with Gasteiger partial charge >= 0.3 is 0 Å². The number of hydrogen-bond donors (Lipinski definition) is 1. The Hall–Kier alpha value is -2.46. The van der Waals surface area contributed by atoms with E-state index < -0.39 is 0 Å². The molecule has 1 heterocycles. The zero-order chi connectivity index (χ0) is 18.0. The van der Waals surface area contributed by atoms with Gasteiger partial charge in [-0.15, -0.1) is 0 Å². The van der Waals surface area contributed by atoms with Crippen LogP contribution in [0.2, 0.25) is 5.15 Å². The molecule has 0 spiro atoms. The van der Waals surface area contributed by atoms with Crippen molar-refractivity contribution in [1.82, 2.24) is 9.97 Å². The van der Waals surface area contributed by atoms with Gasteiger partial charge in [0.1, 0.15) is 16.8 Å². The lowest BCUT2D eigenvalue weighted by molar-refractivity contribution is 0.590. The third-order valence-corrected chi connectivity index (χ3v) is 3.99. The molecule has 25 heavy (non-hydrogen) atoms. The van der Waals surface area contributed by atoms with Gasteiger partial charge in [0.05, 0.1) is 0 Å². The van der Waals surface area contributed by atoms with E-state index in [1.54, 1.807) is 18.2 Å². The Labute approximate surface area is 151 Å². The van der Waals surface area contributed by atoms with E-state index in [1.807, 2.05) is 12.1 Å². The van der Waals surface area contributed by atoms with E-state index in [1.165, 1.54) is 17.7 Å². The maximum absolute atomic E-state index is 13.4. The molecule has 0 bridgehead atoms. The summed E-state index contributed by atoms with van der Waals surface area (Å²) in [5, 5.41) is 3.51. The van der Waals surface area contributed by atoms with Crippen LogP contribution in [0.5, 0.6) is 0 Å². The van der Waals surface area contributed by atoms with Crippen LogP contribution < -0.4 is 5.32 Å². The Balaban J connectivity index is 1.88. The second kappa shape index (κ2) is 6.81. The first-order valence-corrected chi connectivity index (χ1v) is 8.37. The average Bonchev–Trinajstić information content (AvgIpc) is 2.54. The SMILES string of the molecule is CC(C)(C)c1ccc(Nc2cc(Cl)nc(-c3cccc(F)c3)n2)cc1. The molecule has 0 fully saturated rings. The Kier molecular flexibility index (Phi) is 4.73. The molecular weight excluding hydrogens is 337 g/mol. The fourth-order valence-corrected chi connectivity index (χ4v) is 2.62. The summed E-state index contributed by atoms with van der Waals surface area (Å²) in [7, 11) is 0. The molecule has 128 valence electrons. The summed E-state index contributed by atoms with van der Waals surface area (Å²) >= 11 is 6.11. The van der Waals surface area contributed by atoms with Gasteiger partial charge in [0.2, 0.25) is 0 Å². The first-order chi connectivity index (χ1) is 11.8. The molecule has 0 aliphatic carbocycles. The zero-order valence-electron chi connectivity index (χ0n) is 14.3. The first kappa shape index (κ1) is 17.4. The Morgan fingerprint density at radius 1 is 0.960 bits per heavy atom. The average molecular weight is 356 g/mol. The number of rotatable bonds is 3. The van der Waals surface area contributed by atoms with Gasteiger partial charge in [-0.2, -0.15) is 0 Å². The number of aromatic nitrogens is 2. The van der Waals surface area contributed by atoms with Crippen LogP contribution >= 0.6 is 11.6 Å². The van der Waals surface area contributed by atoms with Gasteiger partial charge < -0.3 is 5.32 Å². The molecule has 2 aromatic carbocycles. The van der Waals surface area contributed by atoms with Crippen LogP contribution in [0.25, 0.3) is 11.4 Å². The number of hydrogen-bond acceptors (Lipinski definition) is 3. The second-order valence-corrected chi connectivity index (χ2v) is 7.25. The van der Waals surface area contributed by atoms with E-state index >= 15 is 0 Å². The van der Waals surface area contributed by atoms with Crippen molar-refractivity contribution in [3.63, 3.8) is 0 Å². The molecule has 0 amide bonds. The summed E-state index contributed by atoms with van der Waals surface area (Å²) in [5.41, 5.74) is 2.82. The maximum Gasteiger partial charge on any atom is 0.163 e. The highest BCUT2D eigenvalue weighted by Gasteiger charge is 2.13. The zero-order valence-corrected chi connectivity index (χ0v) is 15.1. The normalized spacial score (nSPS) is 11.4. The van der Waals surface area contributed by atoms with Crippen LogP contribution in [0.1, 0.15) is 26.3 Å². The van der Waals surface area contributed by atoms with Gasteiger partial charge in [-0.1, -0.05) is 56.6 Å². The van der Waals surface area contributed by atoms with Gasteiger partial charge in [0.25, 0.3) is 0 Å². The van der Waals surface area contributed by atoms with Crippen molar-refractivity contribution >= 4 is 23.1 Å². The van der Waals surface area contributed by atoms with Crippen molar-refractivity contribution in [1.29, 1.82) is 0 Å². The van der Waals surface area contributed by atoms with Crippen LogP contribution in [-0.2, 0) is 5.41 Å². The smallest absolute Gasteiger partial charge is 0.163 e. The minimum Gasteiger partial charge on any atom is -0.340 e. The molecule has 0 atom stereocenters. The third-order valence-electron chi connectivity index (χ3n) is 3.80. The molecule has 0 unspecified atom stereocenters. The Morgan fingerprint density at radius 2 is 1.68 bits per heavy atom. The molecule has 0 saturated heterocycles. The number of nitrogens with zero attached hydrogens (tertiary/aromatic N) is 2. The molecule has 0 aliphatic rings. The Bertz CT molecular complexity index is 886. The number of benzene rings is 2. The molecule has 1 N–H and O–H groups in total. The van der Waals surface area contributed by atoms with Gasteiger partial charge in [0, 0.05) is 17.3 Å². The third kappa shape index (κ3) is 4.34. The summed E-state index contributed by atoms with van der Waals surface area (Å²) in [5.74, 6) is 0.594. The van der Waals surface area contributed by atoms with E-state index in [4.69, 9.17) is 11.6 Å². The molecule has 0 aliphatic heterocycles. The monoisotopic (exact) mass is 355 g/mol. The summed E-state index contributed by atoms with van der Waals surface area (Å²) in [4.78, 5) is 8.62. The highest BCUT2D eigenvalue weighted by molar-refractivity contribution is 6.29. The van der Waals surface area contributed by atoms with Crippen molar-refractivity contribution in [3.8, 4) is 11.4 Å². The van der Waals surface area contributed by atoms with Crippen molar-refractivity contribution in [2.45, 2.75) is 26.2 Å². The highest BCUT2D eigenvalue weighted by Crippen LogP contribution is 2.26. The minimum absolute atomic E-state index is 0.0985. The Morgan fingerprint density at radius 3 is 2.32 bits per heavy atom. The van der Waals surface area contributed by atoms with E-state index in [9.17, 15) is 4.39 Å². The van der Waals surface area contributed by atoms with Crippen LogP contribution in [-0.4, -0.2) is 9.97 Å². The molecule has 3 aromatic rings. The lowest BCUT2D eigenvalue weighted by Gasteiger charge is -2.19. The van der Waals surface area contributed by atoms with Gasteiger partial charge in [-0.25, -0.2) is 14.4 Å². The van der Waals surface area contributed by atoms with E-state index in [2.05, 4.69) is 48.2 Å². The number of halogens is 2. The lowest BCUT2D eigenvalue weighted by atomic mass is 9.87. The number of anilines is 2. The summed E-state index contributed by atoms with van der Waals surface area (Å²) in [6, 6.07) is 15.9. The van der Waals surface area contributed by atoms with Crippen molar-refractivity contribution in [2.75, 3.05) is 5.32 Å². The van der Waals surface area contributed by atoms with E-state index in [0.29, 0.717) is 22.4 Å². The van der Waals surface area contributed by atoms with Gasteiger partial charge in [-0.3, -0.25) is 0 Å².